The number of allylic oxidation sites excluding steroid dienone is 1. The van der Waals surface area contributed by atoms with E-state index >= 15 is 0 Å². The Morgan fingerprint density at radius 2 is 1.79 bits per heavy atom. The van der Waals surface area contributed by atoms with E-state index in [-0.39, 0.29) is 0 Å². The fraction of sp³-hybridized carbons (Fsp3) is 0.889. The van der Waals surface area contributed by atoms with Crippen molar-refractivity contribution in [2.45, 2.75) is 96.9 Å². The van der Waals surface area contributed by atoms with Crippen LogP contribution in [0.1, 0.15) is 90.9 Å². The average molecular weight is 265 g/mol. The molecule has 1 nitrogen and oxygen atoms in total. The third-order valence-corrected chi connectivity index (χ3v) is 4.28. The van der Waals surface area contributed by atoms with Crippen molar-refractivity contribution in [3.8, 4) is 0 Å². The van der Waals surface area contributed by atoms with Gasteiger partial charge in [-0.1, -0.05) is 63.5 Å². The van der Waals surface area contributed by atoms with Crippen LogP contribution >= 0.6 is 0 Å². The van der Waals surface area contributed by atoms with Crippen molar-refractivity contribution in [2.75, 3.05) is 6.54 Å². The van der Waals surface area contributed by atoms with E-state index in [0.717, 1.165) is 6.04 Å². The molecule has 1 unspecified atom stereocenters. The summed E-state index contributed by atoms with van der Waals surface area (Å²) in [5.74, 6) is 0. The largest absolute Gasteiger partial charge is 0.314 e. The second kappa shape index (κ2) is 11.5. The summed E-state index contributed by atoms with van der Waals surface area (Å²) in [6.07, 6.45) is 19.2. The molecule has 1 rings (SSSR count). The van der Waals surface area contributed by atoms with E-state index in [2.05, 4.69) is 25.2 Å². The Bertz CT molecular complexity index is 226. The van der Waals surface area contributed by atoms with E-state index in [9.17, 15) is 0 Å². The lowest BCUT2D eigenvalue weighted by Gasteiger charge is -2.23. The molecule has 0 amide bonds. The van der Waals surface area contributed by atoms with Gasteiger partial charge in [0.25, 0.3) is 0 Å². The van der Waals surface area contributed by atoms with Gasteiger partial charge in [0.1, 0.15) is 0 Å². The topological polar surface area (TPSA) is 12.0 Å². The van der Waals surface area contributed by atoms with Crippen molar-refractivity contribution in [3.05, 3.63) is 11.6 Å². The third-order valence-electron chi connectivity index (χ3n) is 4.28. The Morgan fingerprint density at radius 3 is 2.47 bits per heavy atom. The van der Waals surface area contributed by atoms with E-state index < -0.39 is 0 Å². The fourth-order valence-electron chi connectivity index (χ4n) is 3.02. The van der Waals surface area contributed by atoms with Gasteiger partial charge in [-0.2, -0.15) is 0 Å². The van der Waals surface area contributed by atoms with Crippen LogP contribution in [0.5, 0.6) is 0 Å². The first-order valence-corrected chi connectivity index (χ1v) is 8.72. The molecule has 112 valence electrons. The highest BCUT2D eigenvalue weighted by Crippen LogP contribution is 2.16. The van der Waals surface area contributed by atoms with Gasteiger partial charge in [-0.25, -0.2) is 0 Å². The molecule has 19 heavy (non-hydrogen) atoms. The number of piperidine rings is 1. The highest BCUT2D eigenvalue weighted by molar-refractivity contribution is 5.01. The molecule has 0 aromatic heterocycles. The molecule has 1 saturated heterocycles. The first kappa shape index (κ1) is 16.8. The SMILES string of the molecule is CCCCCCCCC/C=C(/C)CC1CCCCN1. The predicted molar refractivity (Wildman–Crippen MR) is 86.6 cm³/mol. The summed E-state index contributed by atoms with van der Waals surface area (Å²) in [4.78, 5) is 0. The second-order valence-electron chi connectivity index (χ2n) is 6.31. The normalized spacial score (nSPS) is 20.7. The van der Waals surface area contributed by atoms with Crippen molar-refractivity contribution < 1.29 is 0 Å². The van der Waals surface area contributed by atoms with E-state index in [1.54, 1.807) is 5.57 Å². The van der Waals surface area contributed by atoms with Crippen molar-refractivity contribution in [3.63, 3.8) is 0 Å². The molecule has 1 N–H and O–H groups in total. The quantitative estimate of drug-likeness (QED) is 0.400. The molecule has 1 heteroatoms. The van der Waals surface area contributed by atoms with Crippen LogP contribution in [-0.2, 0) is 0 Å². The Balaban J connectivity index is 1.95. The lowest BCUT2D eigenvalue weighted by atomic mass is 9.97. The maximum absolute atomic E-state index is 3.64. The minimum absolute atomic E-state index is 0.763. The minimum atomic E-state index is 0.763. The maximum Gasteiger partial charge on any atom is 0.0104 e. The van der Waals surface area contributed by atoms with Gasteiger partial charge in [-0.05, 0) is 45.6 Å². The molecule has 0 radical (unpaired) electrons. The Hall–Kier alpha value is -0.300. The zero-order valence-corrected chi connectivity index (χ0v) is 13.3. The third kappa shape index (κ3) is 9.27. The summed E-state index contributed by atoms with van der Waals surface area (Å²) in [5.41, 5.74) is 1.60. The van der Waals surface area contributed by atoms with E-state index in [0.29, 0.717) is 0 Å². The Morgan fingerprint density at radius 1 is 1.05 bits per heavy atom. The van der Waals surface area contributed by atoms with Gasteiger partial charge in [0, 0.05) is 6.04 Å². The molecule has 0 bridgehead atoms. The highest BCUT2D eigenvalue weighted by atomic mass is 14.9. The molecular weight excluding hydrogens is 230 g/mol. The Kier molecular flexibility index (Phi) is 10.2. The molecular formula is C18H35N. The number of rotatable bonds is 10. The van der Waals surface area contributed by atoms with Gasteiger partial charge in [0.2, 0.25) is 0 Å². The average Bonchev–Trinajstić information content (AvgIpc) is 2.43. The van der Waals surface area contributed by atoms with Crippen LogP contribution in [0.2, 0.25) is 0 Å². The molecule has 1 aliphatic rings. The van der Waals surface area contributed by atoms with Crippen molar-refractivity contribution in [1.29, 1.82) is 0 Å². The molecule has 1 atom stereocenters. The van der Waals surface area contributed by atoms with Crippen molar-refractivity contribution >= 4 is 0 Å². The first-order valence-electron chi connectivity index (χ1n) is 8.72. The molecule has 1 heterocycles. The monoisotopic (exact) mass is 265 g/mol. The number of hydrogen-bond donors (Lipinski definition) is 1. The van der Waals surface area contributed by atoms with Crippen molar-refractivity contribution in [2.24, 2.45) is 0 Å². The highest BCUT2D eigenvalue weighted by Gasteiger charge is 2.12. The predicted octanol–water partition coefficient (Wildman–Crippen LogP) is 5.61. The summed E-state index contributed by atoms with van der Waals surface area (Å²) in [6, 6.07) is 0.763. The molecule has 0 saturated carbocycles. The second-order valence-corrected chi connectivity index (χ2v) is 6.31. The molecule has 0 aromatic rings. The van der Waals surface area contributed by atoms with E-state index in [1.165, 1.54) is 83.6 Å². The number of nitrogens with one attached hydrogen (secondary N) is 1. The number of hydrogen-bond acceptors (Lipinski definition) is 1. The van der Waals surface area contributed by atoms with E-state index in [4.69, 9.17) is 0 Å². The molecule has 1 fully saturated rings. The zero-order valence-electron chi connectivity index (χ0n) is 13.3. The zero-order chi connectivity index (χ0) is 13.8. The first-order chi connectivity index (χ1) is 9.33. The molecule has 0 aromatic carbocycles. The summed E-state index contributed by atoms with van der Waals surface area (Å²) in [7, 11) is 0. The van der Waals surface area contributed by atoms with Crippen LogP contribution in [0, 0.1) is 0 Å². The summed E-state index contributed by atoms with van der Waals surface area (Å²) in [5, 5.41) is 3.64. The molecule has 0 aliphatic carbocycles. The smallest absolute Gasteiger partial charge is 0.0104 e. The van der Waals surface area contributed by atoms with E-state index in [1.807, 2.05) is 0 Å². The van der Waals surface area contributed by atoms with Gasteiger partial charge >= 0.3 is 0 Å². The lowest BCUT2D eigenvalue weighted by molar-refractivity contribution is 0.398. The molecule has 0 spiro atoms. The standard InChI is InChI=1S/C18H35N/c1-3-4-5-6-7-8-9-10-13-17(2)16-18-14-11-12-15-19-18/h13,18-19H,3-12,14-16H2,1-2H3/b17-13-. The van der Waals surface area contributed by atoms with Gasteiger partial charge < -0.3 is 5.32 Å². The lowest BCUT2D eigenvalue weighted by Crippen LogP contribution is -2.33. The van der Waals surface area contributed by atoms with Gasteiger partial charge in [-0.15, -0.1) is 0 Å². The summed E-state index contributed by atoms with van der Waals surface area (Å²) in [6.45, 7) is 5.84. The summed E-state index contributed by atoms with van der Waals surface area (Å²) < 4.78 is 0. The maximum atomic E-state index is 3.64. The van der Waals surface area contributed by atoms with Crippen LogP contribution in [0.4, 0.5) is 0 Å². The minimum Gasteiger partial charge on any atom is -0.314 e. The number of unbranched alkanes of at least 4 members (excludes halogenated alkanes) is 7. The van der Waals surface area contributed by atoms with Crippen LogP contribution in [0.25, 0.3) is 0 Å². The Labute approximate surface area is 121 Å². The van der Waals surface area contributed by atoms with Crippen LogP contribution in [0.3, 0.4) is 0 Å². The fourth-order valence-corrected chi connectivity index (χ4v) is 3.02. The van der Waals surface area contributed by atoms with Crippen molar-refractivity contribution in [1.82, 2.24) is 5.32 Å². The summed E-state index contributed by atoms with van der Waals surface area (Å²) >= 11 is 0. The van der Waals surface area contributed by atoms with Crippen LogP contribution < -0.4 is 5.32 Å². The van der Waals surface area contributed by atoms with Crippen LogP contribution in [0.15, 0.2) is 11.6 Å². The molecule has 1 aliphatic heterocycles. The van der Waals surface area contributed by atoms with Crippen LogP contribution in [-0.4, -0.2) is 12.6 Å². The van der Waals surface area contributed by atoms with Gasteiger partial charge in [0.05, 0.1) is 0 Å². The van der Waals surface area contributed by atoms with Gasteiger partial charge in [0.15, 0.2) is 0 Å². The van der Waals surface area contributed by atoms with Gasteiger partial charge in [-0.3, -0.25) is 0 Å².